The summed E-state index contributed by atoms with van der Waals surface area (Å²) >= 11 is 0. The molecule has 3 heterocycles. The summed E-state index contributed by atoms with van der Waals surface area (Å²) in [5.41, 5.74) is -2.52. The Labute approximate surface area is 197 Å². The lowest BCUT2D eigenvalue weighted by Crippen LogP contribution is -2.46. The van der Waals surface area contributed by atoms with Crippen LogP contribution in [0.25, 0.3) is 0 Å². The molecule has 1 aliphatic rings. The maximum absolute atomic E-state index is 14.1. The van der Waals surface area contributed by atoms with Crippen molar-refractivity contribution in [3.8, 4) is 5.75 Å². The second kappa shape index (κ2) is 8.53. The topological polar surface area (TPSA) is 78.5 Å². The third-order valence-electron chi connectivity index (χ3n) is 5.37. The van der Waals surface area contributed by atoms with E-state index in [1.807, 2.05) is 0 Å². The first-order chi connectivity index (χ1) is 16.7. The fourth-order valence-electron chi connectivity index (χ4n) is 3.80. The van der Waals surface area contributed by atoms with Crippen LogP contribution in [0, 0.1) is 19.7 Å². The number of amides is 1. The minimum absolute atomic E-state index is 0.0561. The van der Waals surface area contributed by atoms with Gasteiger partial charge in [0, 0.05) is 17.4 Å². The Kier molecular flexibility index (Phi) is 5.93. The van der Waals surface area contributed by atoms with Crippen molar-refractivity contribution in [3.63, 3.8) is 0 Å². The van der Waals surface area contributed by atoms with E-state index in [1.165, 1.54) is 24.8 Å². The average molecular weight is 516 g/mol. The molecule has 1 amide bonds. The van der Waals surface area contributed by atoms with E-state index in [0.717, 1.165) is 29.3 Å². The van der Waals surface area contributed by atoms with Gasteiger partial charge in [-0.25, -0.2) is 9.37 Å². The molecule has 1 aromatic carbocycles. The van der Waals surface area contributed by atoms with E-state index >= 15 is 0 Å². The zero-order valence-corrected chi connectivity index (χ0v) is 18.4. The van der Waals surface area contributed by atoms with Crippen LogP contribution in [0.2, 0.25) is 0 Å². The number of rotatable bonds is 3. The number of aromatic amines is 1. The molecule has 190 valence electrons. The molecule has 1 N–H and O–H groups in total. The van der Waals surface area contributed by atoms with Crippen molar-refractivity contribution in [2.24, 2.45) is 0 Å². The second-order valence-corrected chi connectivity index (χ2v) is 7.84. The van der Waals surface area contributed by atoms with Gasteiger partial charge >= 0.3 is 12.5 Å². The van der Waals surface area contributed by atoms with Crippen molar-refractivity contribution in [2.45, 2.75) is 26.4 Å². The summed E-state index contributed by atoms with van der Waals surface area (Å²) in [6.07, 6.45) is -9.00. The summed E-state index contributed by atoms with van der Waals surface area (Å²) in [4.78, 5) is 32.8. The van der Waals surface area contributed by atoms with Gasteiger partial charge in [-0.1, -0.05) is 0 Å². The highest BCUT2D eigenvalue weighted by Gasteiger charge is 2.38. The Hall–Kier alpha value is -4.10. The lowest BCUT2D eigenvalue weighted by atomic mass is 10.1. The molecule has 1 aliphatic heterocycles. The zero-order chi connectivity index (χ0) is 26.6. The van der Waals surface area contributed by atoms with Crippen LogP contribution < -0.4 is 20.1 Å². The molecule has 3 aromatic rings. The van der Waals surface area contributed by atoms with E-state index in [2.05, 4.69) is 14.7 Å². The number of anilines is 3. The number of carbonyl (C=O) groups is 1. The Morgan fingerprint density at radius 3 is 2.25 bits per heavy atom. The number of nitrogens with zero attached hydrogens (tertiary/aromatic N) is 3. The van der Waals surface area contributed by atoms with Gasteiger partial charge in [-0.3, -0.25) is 14.5 Å². The molecule has 0 fully saturated rings. The number of ether oxygens (including phenoxy) is 1. The predicted octanol–water partition coefficient (Wildman–Crippen LogP) is 5.20. The first-order valence-corrected chi connectivity index (χ1v) is 10.1. The summed E-state index contributed by atoms with van der Waals surface area (Å²) in [5.74, 6) is -2.69. The van der Waals surface area contributed by atoms with Crippen molar-refractivity contribution in [1.82, 2.24) is 9.97 Å². The lowest BCUT2D eigenvalue weighted by molar-refractivity contribution is -0.274. The van der Waals surface area contributed by atoms with Gasteiger partial charge in [-0.15, -0.1) is 13.2 Å². The Balaban J connectivity index is 1.88. The van der Waals surface area contributed by atoms with Crippen LogP contribution in [-0.2, 0) is 6.18 Å². The van der Waals surface area contributed by atoms with Gasteiger partial charge in [0.05, 0.1) is 23.1 Å². The van der Waals surface area contributed by atoms with Gasteiger partial charge in [0.15, 0.2) is 5.82 Å². The number of pyridine rings is 2. The summed E-state index contributed by atoms with van der Waals surface area (Å²) in [6, 6.07) is 4.59. The molecule has 0 spiro atoms. The van der Waals surface area contributed by atoms with Gasteiger partial charge < -0.3 is 14.6 Å². The number of benzene rings is 1. The van der Waals surface area contributed by atoms with Gasteiger partial charge in [-0.2, -0.15) is 13.2 Å². The van der Waals surface area contributed by atoms with Crippen LogP contribution in [0.4, 0.5) is 47.8 Å². The zero-order valence-electron chi connectivity index (χ0n) is 18.4. The molecule has 0 radical (unpaired) electrons. The van der Waals surface area contributed by atoms with Crippen LogP contribution in [0.3, 0.4) is 0 Å². The number of aromatic nitrogens is 2. The summed E-state index contributed by atoms with van der Waals surface area (Å²) in [7, 11) is 0. The van der Waals surface area contributed by atoms with E-state index < -0.39 is 46.8 Å². The van der Waals surface area contributed by atoms with Crippen LogP contribution in [0.15, 0.2) is 41.3 Å². The maximum Gasteiger partial charge on any atom is 0.573 e. The molecule has 4 rings (SSSR count). The Bertz CT molecular complexity index is 1420. The Morgan fingerprint density at radius 2 is 1.64 bits per heavy atom. The quantitative estimate of drug-likeness (QED) is 0.485. The number of aryl methyl sites for hydroxylation is 2. The number of nitrogens with one attached hydrogen (secondary N) is 1. The summed E-state index contributed by atoms with van der Waals surface area (Å²) < 4.78 is 95.8. The molecule has 0 aliphatic carbocycles. The maximum atomic E-state index is 14.1. The molecule has 0 saturated carbocycles. The number of alkyl halides is 6. The second-order valence-electron chi connectivity index (χ2n) is 7.84. The van der Waals surface area contributed by atoms with Crippen molar-refractivity contribution in [3.05, 3.63) is 75.2 Å². The lowest BCUT2D eigenvalue weighted by Gasteiger charge is -2.39. The predicted molar refractivity (Wildman–Crippen MR) is 113 cm³/mol. The standard InChI is InChI=1S/C22H15F7N4O3/c1-10-5-12(36-22(27,28)29)3-4-15(10)32-9-33(16-7-14(23)19(34)31-11(16)2)20(35)13-6-18(21(24,25)26)30-8-17(13)32/h3-8H,9H2,1-2H3,(H,31,34). The minimum atomic E-state index is -4.95. The van der Waals surface area contributed by atoms with Crippen molar-refractivity contribution in [1.29, 1.82) is 0 Å². The normalized spacial score (nSPS) is 14.2. The Morgan fingerprint density at radius 1 is 0.944 bits per heavy atom. The molecule has 0 bridgehead atoms. The van der Waals surface area contributed by atoms with E-state index in [-0.39, 0.29) is 35.0 Å². The number of fused-ring (bicyclic) bond motifs is 1. The largest absolute Gasteiger partial charge is 0.573 e. The number of carbonyl (C=O) groups excluding carboxylic acids is 1. The van der Waals surface area contributed by atoms with E-state index in [9.17, 15) is 40.3 Å². The monoisotopic (exact) mass is 516 g/mol. The first-order valence-electron chi connectivity index (χ1n) is 10.1. The molecule has 14 heteroatoms. The smallest absolute Gasteiger partial charge is 0.406 e. The van der Waals surface area contributed by atoms with E-state index in [4.69, 9.17) is 0 Å². The van der Waals surface area contributed by atoms with Gasteiger partial charge in [0.1, 0.15) is 18.1 Å². The molecular weight excluding hydrogens is 501 g/mol. The molecule has 2 aromatic heterocycles. The van der Waals surface area contributed by atoms with E-state index in [1.54, 1.807) is 0 Å². The van der Waals surface area contributed by atoms with E-state index in [0.29, 0.717) is 6.07 Å². The highest BCUT2D eigenvalue weighted by Crippen LogP contribution is 2.40. The molecule has 36 heavy (non-hydrogen) atoms. The number of hydrogen-bond acceptors (Lipinski definition) is 5. The SMILES string of the molecule is Cc1cc(OC(F)(F)F)ccc1N1CN(c2cc(F)c(=O)[nH]c2C)C(=O)c2cc(C(F)(F)F)ncc21. The molecule has 0 atom stereocenters. The molecular formula is C22H15F7N4O3. The fraction of sp³-hybridized carbons (Fsp3) is 0.227. The van der Waals surface area contributed by atoms with Gasteiger partial charge in [0.2, 0.25) is 0 Å². The first kappa shape index (κ1) is 25.0. The number of halogens is 7. The highest BCUT2D eigenvalue weighted by molar-refractivity contribution is 6.12. The van der Waals surface area contributed by atoms with Crippen molar-refractivity contribution >= 4 is 23.0 Å². The van der Waals surface area contributed by atoms with Crippen molar-refractivity contribution < 1.29 is 40.3 Å². The van der Waals surface area contributed by atoms with Gasteiger partial charge in [0.25, 0.3) is 11.5 Å². The van der Waals surface area contributed by atoms with Crippen LogP contribution in [-0.4, -0.2) is 28.9 Å². The molecule has 7 nitrogen and oxygen atoms in total. The van der Waals surface area contributed by atoms with Crippen molar-refractivity contribution in [2.75, 3.05) is 16.5 Å². The summed E-state index contributed by atoms with van der Waals surface area (Å²) in [5, 5.41) is 0. The number of hydrogen-bond donors (Lipinski definition) is 1. The third kappa shape index (κ3) is 4.70. The number of H-pyrrole nitrogens is 1. The third-order valence-corrected chi connectivity index (χ3v) is 5.37. The van der Waals surface area contributed by atoms with Gasteiger partial charge in [-0.05, 0) is 43.7 Å². The highest BCUT2D eigenvalue weighted by atomic mass is 19.4. The molecule has 0 saturated heterocycles. The van der Waals surface area contributed by atoms with Crippen LogP contribution >= 0.6 is 0 Å². The average Bonchev–Trinajstić information content (AvgIpc) is 2.75. The molecule has 0 unspecified atom stereocenters. The minimum Gasteiger partial charge on any atom is -0.406 e. The van der Waals surface area contributed by atoms with Crippen LogP contribution in [0.1, 0.15) is 27.3 Å². The summed E-state index contributed by atoms with van der Waals surface area (Å²) in [6.45, 7) is 2.42. The van der Waals surface area contributed by atoms with Crippen LogP contribution in [0.5, 0.6) is 5.75 Å². The fourth-order valence-corrected chi connectivity index (χ4v) is 3.80.